The lowest BCUT2D eigenvalue weighted by Gasteiger charge is -2.28. The first-order valence-corrected chi connectivity index (χ1v) is 6.86. The van der Waals surface area contributed by atoms with Crippen LogP contribution < -0.4 is 0 Å². The Morgan fingerprint density at radius 1 is 1.60 bits per heavy atom. The smallest absolute Gasteiger partial charge is 0.279 e. The molecule has 1 N–H and O–H groups in total. The third-order valence-electron chi connectivity index (χ3n) is 3.42. The van der Waals surface area contributed by atoms with Gasteiger partial charge in [-0.25, -0.2) is 8.78 Å². The van der Waals surface area contributed by atoms with Crippen LogP contribution in [-0.4, -0.2) is 46.8 Å². The number of ether oxygens (including phenoxy) is 1. The molecule has 0 radical (unpaired) electrons. The first kappa shape index (κ1) is 14.9. The van der Waals surface area contributed by atoms with Crippen LogP contribution >= 0.6 is 0 Å². The molecule has 0 bridgehead atoms. The van der Waals surface area contributed by atoms with Gasteiger partial charge in [0, 0.05) is 19.7 Å². The monoisotopic (exact) mass is 287 g/mol. The van der Waals surface area contributed by atoms with Gasteiger partial charge in [-0.2, -0.15) is 5.10 Å². The van der Waals surface area contributed by atoms with E-state index in [0.29, 0.717) is 19.7 Å². The number of nitrogens with zero attached hydrogens (tertiary/aromatic N) is 2. The van der Waals surface area contributed by atoms with Gasteiger partial charge in [-0.3, -0.25) is 9.89 Å². The van der Waals surface area contributed by atoms with Crippen molar-refractivity contribution in [1.29, 1.82) is 0 Å². The molecule has 1 atom stereocenters. The molecule has 2 heterocycles. The van der Waals surface area contributed by atoms with Gasteiger partial charge in [0.05, 0.1) is 6.10 Å². The quantitative estimate of drug-likeness (QED) is 0.904. The van der Waals surface area contributed by atoms with Crippen LogP contribution in [0.1, 0.15) is 48.8 Å². The summed E-state index contributed by atoms with van der Waals surface area (Å²) in [4.78, 5) is 13.8. The van der Waals surface area contributed by atoms with Gasteiger partial charge in [-0.1, -0.05) is 0 Å². The van der Waals surface area contributed by atoms with E-state index in [1.165, 1.54) is 0 Å². The van der Waals surface area contributed by atoms with E-state index in [2.05, 4.69) is 10.2 Å². The summed E-state index contributed by atoms with van der Waals surface area (Å²) in [7, 11) is 0. The minimum absolute atomic E-state index is 0.0259. The van der Waals surface area contributed by atoms with Crippen molar-refractivity contribution in [3.8, 4) is 0 Å². The minimum atomic E-state index is -2.65. The minimum Gasteiger partial charge on any atom is -0.376 e. The zero-order chi connectivity index (χ0) is 14.5. The summed E-state index contributed by atoms with van der Waals surface area (Å²) in [6.45, 7) is 3.54. The van der Waals surface area contributed by atoms with Crippen molar-refractivity contribution < 1.29 is 18.3 Å². The molecule has 7 heteroatoms. The normalized spacial score (nSPS) is 19.3. The van der Waals surface area contributed by atoms with Crippen LogP contribution in [0, 0.1) is 0 Å². The Labute approximate surface area is 116 Å². The van der Waals surface area contributed by atoms with E-state index >= 15 is 0 Å². The highest BCUT2D eigenvalue weighted by Gasteiger charge is 2.24. The Balaban J connectivity index is 1.99. The number of halogens is 2. The van der Waals surface area contributed by atoms with E-state index in [1.807, 2.05) is 6.92 Å². The highest BCUT2D eigenvalue weighted by atomic mass is 19.3. The van der Waals surface area contributed by atoms with E-state index in [-0.39, 0.29) is 23.4 Å². The predicted molar refractivity (Wildman–Crippen MR) is 68.7 cm³/mol. The van der Waals surface area contributed by atoms with E-state index in [9.17, 15) is 13.6 Å². The highest BCUT2D eigenvalue weighted by Crippen LogP contribution is 2.18. The average Bonchev–Trinajstić information content (AvgIpc) is 2.95. The highest BCUT2D eigenvalue weighted by molar-refractivity contribution is 5.92. The van der Waals surface area contributed by atoms with Crippen molar-refractivity contribution in [1.82, 2.24) is 15.1 Å². The molecule has 112 valence electrons. The van der Waals surface area contributed by atoms with E-state index in [4.69, 9.17) is 4.74 Å². The number of hydrogen-bond acceptors (Lipinski definition) is 3. The lowest BCUT2D eigenvalue weighted by molar-refractivity contribution is -0.00323. The number of amides is 1. The molecule has 1 aliphatic heterocycles. The lowest BCUT2D eigenvalue weighted by Crippen LogP contribution is -2.39. The number of aromatic nitrogens is 2. The number of H-pyrrole nitrogens is 1. The molecular weight excluding hydrogens is 268 g/mol. The Bertz CT molecular complexity index is 445. The molecule has 1 saturated heterocycles. The van der Waals surface area contributed by atoms with Crippen molar-refractivity contribution in [3.05, 3.63) is 17.5 Å². The van der Waals surface area contributed by atoms with Gasteiger partial charge in [-0.05, 0) is 32.3 Å². The van der Waals surface area contributed by atoms with Crippen molar-refractivity contribution in [3.63, 3.8) is 0 Å². The van der Waals surface area contributed by atoms with E-state index < -0.39 is 6.43 Å². The third-order valence-corrected chi connectivity index (χ3v) is 3.42. The van der Waals surface area contributed by atoms with Gasteiger partial charge in [0.1, 0.15) is 5.69 Å². The van der Waals surface area contributed by atoms with Gasteiger partial charge in [-0.15, -0.1) is 0 Å². The van der Waals surface area contributed by atoms with Gasteiger partial charge < -0.3 is 9.64 Å². The molecule has 20 heavy (non-hydrogen) atoms. The fraction of sp³-hybridized carbons (Fsp3) is 0.692. The molecule has 1 fully saturated rings. The summed E-state index contributed by atoms with van der Waals surface area (Å²) >= 11 is 0. The summed E-state index contributed by atoms with van der Waals surface area (Å²) in [5.41, 5.74) is -0.309. The molecule has 1 aromatic heterocycles. The Morgan fingerprint density at radius 2 is 2.40 bits per heavy atom. The van der Waals surface area contributed by atoms with Crippen LogP contribution in [0.4, 0.5) is 8.78 Å². The van der Waals surface area contributed by atoms with Crippen molar-refractivity contribution in [2.45, 2.75) is 38.7 Å². The number of rotatable bonds is 5. The Hall–Kier alpha value is -1.50. The third kappa shape index (κ3) is 3.53. The molecular formula is C13H19F2N3O2. The molecule has 0 aliphatic carbocycles. The first-order valence-electron chi connectivity index (χ1n) is 6.86. The van der Waals surface area contributed by atoms with Crippen LogP contribution in [0.15, 0.2) is 6.07 Å². The molecule has 1 aliphatic rings. The Morgan fingerprint density at radius 3 is 2.95 bits per heavy atom. The summed E-state index contributed by atoms with van der Waals surface area (Å²) in [6, 6.07) is 1.11. The van der Waals surface area contributed by atoms with E-state index in [1.54, 1.807) is 4.90 Å². The maximum atomic E-state index is 12.5. The topological polar surface area (TPSA) is 58.2 Å². The number of nitrogens with one attached hydrogen (secondary N) is 1. The van der Waals surface area contributed by atoms with Crippen LogP contribution in [0.5, 0.6) is 0 Å². The van der Waals surface area contributed by atoms with Crippen molar-refractivity contribution >= 4 is 5.91 Å². The zero-order valence-electron chi connectivity index (χ0n) is 11.4. The largest absolute Gasteiger partial charge is 0.376 e. The fourth-order valence-electron chi connectivity index (χ4n) is 2.27. The SMILES string of the molecule is CCN(CC1CCCCO1)C(=O)c1cc(C(F)F)[nH]n1. The molecule has 0 aromatic carbocycles. The van der Waals surface area contributed by atoms with Crippen LogP contribution in [0.2, 0.25) is 0 Å². The molecule has 5 nitrogen and oxygen atoms in total. The van der Waals surface area contributed by atoms with Crippen molar-refractivity contribution in [2.24, 2.45) is 0 Å². The Kier molecular flexibility index (Phi) is 5.05. The van der Waals surface area contributed by atoms with Gasteiger partial charge in [0.15, 0.2) is 5.69 Å². The second-order valence-corrected chi connectivity index (χ2v) is 4.84. The average molecular weight is 287 g/mol. The van der Waals surface area contributed by atoms with Crippen LogP contribution in [-0.2, 0) is 4.74 Å². The molecule has 1 unspecified atom stereocenters. The molecule has 0 spiro atoms. The maximum Gasteiger partial charge on any atom is 0.279 e. The number of alkyl halides is 2. The summed E-state index contributed by atoms with van der Waals surface area (Å²) < 4.78 is 30.6. The number of carbonyl (C=O) groups excluding carboxylic acids is 1. The summed E-state index contributed by atoms with van der Waals surface area (Å²) in [6.07, 6.45) is 0.441. The molecule has 1 aromatic rings. The number of hydrogen-bond donors (Lipinski definition) is 1. The first-order chi connectivity index (χ1) is 9.61. The summed E-state index contributed by atoms with van der Waals surface area (Å²) in [5.74, 6) is -0.343. The van der Waals surface area contributed by atoms with Crippen LogP contribution in [0.25, 0.3) is 0 Å². The zero-order valence-corrected chi connectivity index (χ0v) is 11.4. The fourth-order valence-corrected chi connectivity index (χ4v) is 2.27. The molecule has 0 saturated carbocycles. The van der Waals surface area contributed by atoms with Gasteiger partial charge >= 0.3 is 0 Å². The second-order valence-electron chi connectivity index (χ2n) is 4.84. The second kappa shape index (κ2) is 6.78. The maximum absolute atomic E-state index is 12.5. The van der Waals surface area contributed by atoms with Crippen LogP contribution in [0.3, 0.4) is 0 Å². The lowest BCUT2D eigenvalue weighted by atomic mass is 10.1. The summed E-state index contributed by atoms with van der Waals surface area (Å²) in [5, 5.41) is 5.85. The standard InChI is InChI=1S/C13H19F2N3O2/c1-2-18(8-9-5-3-4-6-20-9)13(19)11-7-10(12(14)15)16-17-11/h7,9,12H,2-6,8H2,1H3,(H,16,17). The number of likely N-dealkylation sites (N-methyl/N-ethyl adjacent to an activating group) is 1. The molecule has 1 amide bonds. The molecule has 2 rings (SSSR count). The van der Waals surface area contributed by atoms with Gasteiger partial charge in [0.2, 0.25) is 0 Å². The van der Waals surface area contributed by atoms with Gasteiger partial charge in [0.25, 0.3) is 12.3 Å². The van der Waals surface area contributed by atoms with Crippen molar-refractivity contribution in [2.75, 3.05) is 19.7 Å². The predicted octanol–water partition coefficient (Wildman–Crippen LogP) is 2.38. The van der Waals surface area contributed by atoms with E-state index in [0.717, 1.165) is 25.3 Å². The number of carbonyl (C=O) groups is 1. The number of aromatic amines is 1.